The number of ketones is 2. The molecular formula is C22H21N3O4. The summed E-state index contributed by atoms with van der Waals surface area (Å²) in [4.78, 5) is 41.1. The molecule has 2 aromatic rings. The van der Waals surface area contributed by atoms with Crippen molar-refractivity contribution in [3.63, 3.8) is 0 Å². The van der Waals surface area contributed by atoms with Crippen molar-refractivity contribution in [2.24, 2.45) is 5.92 Å². The molecule has 0 spiro atoms. The molecule has 1 heterocycles. The normalized spacial score (nSPS) is 18.4. The van der Waals surface area contributed by atoms with Crippen LogP contribution in [0.1, 0.15) is 41.5 Å². The van der Waals surface area contributed by atoms with Gasteiger partial charge in [-0.2, -0.15) is 0 Å². The van der Waals surface area contributed by atoms with Crippen molar-refractivity contribution in [3.05, 3.63) is 81.2 Å². The molecule has 0 N–H and O–H groups in total. The van der Waals surface area contributed by atoms with E-state index in [1.54, 1.807) is 36.4 Å². The molecule has 0 fully saturated rings. The van der Waals surface area contributed by atoms with E-state index in [-0.39, 0.29) is 29.3 Å². The second kappa shape index (κ2) is 6.84. The average molecular weight is 391 g/mol. The van der Waals surface area contributed by atoms with Gasteiger partial charge in [0.2, 0.25) is 11.6 Å². The third kappa shape index (κ3) is 2.90. The van der Waals surface area contributed by atoms with Gasteiger partial charge in [0, 0.05) is 35.5 Å². The Bertz CT molecular complexity index is 1060. The zero-order valence-corrected chi connectivity index (χ0v) is 16.5. The fourth-order valence-electron chi connectivity index (χ4n) is 4.07. The van der Waals surface area contributed by atoms with E-state index in [0.717, 1.165) is 0 Å². The number of hydrogen-bond acceptors (Lipinski definition) is 6. The number of nitro benzene ring substituents is 1. The fraction of sp³-hybridized carbons (Fsp3) is 0.273. The minimum absolute atomic E-state index is 0.0229. The Hall–Kier alpha value is -3.48. The Kier molecular flexibility index (Phi) is 4.45. The van der Waals surface area contributed by atoms with E-state index in [2.05, 4.69) is 13.8 Å². The highest BCUT2D eigenvalue weighted by Crippen LogP contribution is 2.41. The lowest BCUT2D eigenvalue weighted by Crippen LogP contribution is -2.40. The number of carbonyl (C=O) groups excluding carboxylic acids is 2. The SMILES string of the molecule is CC(C)CN1C2=C(C(=O)c3ccccc3C2=O)N(c2ccc([N+](=O)[O-])cc2)C1C. The molecule has 1 aliphatic heterocycles. The standard InChI is InChI=1S/C22H21N3O4/c1-13(2)12-23-14(3)24(15-8-10-16(11-9-15)25(28)29)20-19(23)21(26)17-6-4-5-7-18(17)22(20)27/h4-11,13-14H,12H2,1-3H3. The maximum atomic E-state index is 13.4. The number of carbonyl (C=O) groups is 2. The predicted octanol–water partition coefficient (Wildman–Crippen LogP) is 4.01. The van der Waals surface area contributed by atoms with Crippen LogP contribution >= 0.6 is 0 Å². The first-order valence-electron chi connectivity index (χ1n) is 9.54. The van der Waals surface area contributed by atoms with Crippen molar-refractivity contribution in [2.45, 2.75) is 26.9 Å². The first-order chi connectivity index (χ1) is 13.8. The zero-order valence-electron chi connectivity index (χ0n) is 16.5. The number of Topliss-reactive ketones (excluding diaryl/α,β-unsaturated/α-hetero) is 2. The Morgan fingerprint density at radius 3 is 2.03 bits per heavy atom. The van der Waals surface area contributed by atoms with Crippen LogP contribution in [0.25, 0.3) is 0 Å². The second-order valence-corrected chi connectivity index (χ2v) is 7.72. The minimum atomic E-state index is -0.460. The van der Waals surface area contributed by atoms with Gasteiger partial charge in [-0.25, -0.2) is 0 Å². The third-order valence-electron chi connectivity index (χ3n) is 5.32. The molecule has 7 heteroatoms. The number of nitro groups is 1. The Labute approximate surface area is 168 Å². The molecule has 148 valence electrons. The maximum Gasteiger partial charge on any atom is 0.269 e. The first kappa shape index (κ1) is 18.9. The summed E-state index contributed by atoms with van der Waals surface area (Å²) in [7, 11) is 0. The lowest BCUT2D eigenvalue weighted by Gasteiger charge is -2.32. The summed E-state index contributed by atoms with van der Waals surface area (Å²) < 4.78 is 0. The number of fused-ring (bicyclic) bond motifs is 1. The molecule has 0 saturated heterocycles. The number of hydrogen-bond donors (Lipinski definition) is 0. The summed E-state index contributed by atoms with van der Waals surface area (Å²) in [6.45, 7) is 6.67. The number of nitrogens with zero attached hydrogens (tertiary/aromatic N) is 3. The predicted molar refractivity (Wildman–Crippen MR) is 109 cm³/mol. The summed E-state index contributed by atoms with van der Waals surface area (Å²) in [5.41, 5.74) is 2.18. The maximum absolute atomic E-state index is 13.4. The van der Waals surface area contributed by atoms with Gasteiger partial charge in [0.05, 0.1) is 4.92 Å². The van der Waals surface area contributed by atoms with Gasteiger partial charge in [-0.05, 0) is 25.0 Å². The summed E-state index contributed by atoms with van der Waals surface area (Å²) in [5, 5.41) is 11.0. The van der Waals surface area contributed by atoms with E-state index in [9.17, 15) is 19.7 Å². The second-order valence-electron chi connectivity index (χ2n) is 7.72. The molecule has 0 radical (unpaired) electrons. The van der Waals surface area contributed by atoms with Crippen LogP contribution in [-0.4, -0.2) is 34.1 Å². The first-order valence-corrected chi connectivity index (χ1v) is 9.54. The van der Waals surface area contributed by atoms with E-state index >= 15 is 0 Å². The van der Waals surface area contributed by atoms with Crippen LogP contribution in [0.3, 0.4) is 0 Å². The van der Waals surface area contributed by atoms with Crippen LogP contribution in [0.15, 0.2) is 59.9 Å². The molecular weight excluding hydrogens is 370 g/mol. The number of rotatable bonds is 4. The zero-order chi connectivity index (χ0) is 20.9. The summed E-state index contributed by atoms with van der Waals surface area (Å²) >= 11 is 0. The molecule has 0 amide bonds. The van der Waals surface area contributed by atoms with E-state index in [1.807, 2.05) is 16.7 Å². The number of benzene rings is 2. The van der Waals surface area contributed by atoms with Gasteiger partial charge in [0.15, 0.2) is 0 Å². The largest absolute Gasteiger partial charge is 0.346 e. The fourth-order valence-corrected chi connectivity index (χ4v) is 4.07. The van der Waals surface area contributed by atoms with Crippen LogP contribution in [-0.2, 0) is 0 Å². The summed E-state index contributed by atoms with van der Waals surface area (Å²) in [6.07, 6.45) is -0.272. The van der Waals surface area contributed by atoms with Gasteiger partial charge in [0.1, 0.15) is 17.6 Å². The van der Waals surface area contributed by atoms with Crippen LogP contribution in [0.5, 0.6) is 0 Å². The van der Waals surface area contributed by atoms with E-state index < -0.39 is 4.92 Å². The topological polar surface area (TPSA) is 83.8 Å². The van der Waals surface area contributed by atoms with Crippen molar-refractivity contribution in [2.75, 3.05) is 11.4 Å². The summed E-state index contributed by atoms with van der Waals surface area (Å²) in [5.74, 6) is -0.0816. The smallest absolute Gasteiger partial charge is 0.269 e. The average Bonchev–Trinajstić information content (AvgIpc) is 2.98. The molecule has 7 nitrogen and oxygen atoms in total. The molecule has 0 saturated carbocycles. The highest BCUT2D eigenvalue weighted by molar-refractivity contribution is 6.28. The van der Waals surface area contributed by atoms with Crippen molar-refractivity contribution in [3.8, 4) is 0 Å². The minimum Gasteiger partial charge on any atom is -0.346 e. The number of anilines is 1. The molecule has 0 aromatic heterocycles. The molecule has 1 aliphatic carbocycles. The van der Waals surface area contributed by atoms with Crippen molar-refractivity contribution in [1.82, 2.24) is 4.90 Å². The van der Waals surface area contributed by atoms with E-state index in [1.165, 1.54) is 12.1 Å². The third-order valence-corrected chi connectivity index (χ3v) is 5.32. The number of allylic oxidation sites excluding steroid dienone is 2. The lowest BCUT2D eigenvalue weighted by molar-refractivity contribution is -0.384. The van der Waals surface area contributed by atoms with Crippen LogP contribution in [0.2, 0.25) is 0 Å². The summed E-state index contributed by atoms with van der Waals surface area (Å²) in [6, 6.07) is 12.9. The highest BCUT2D eigenvalue weighted by atomic mass is 16.6. The quantitative estimate of drug-likeness (QED) is 0.578. The van der Waals surface area contributed by atoms with Crippen LogP contribution in [0, 0.1) is 16.0 Å². The van der Waals surface area contributed by atoms with Crippen molar-refractivity contribution >= 4 is 22.9 Å². The lowest BCUT2D eigenvalue weighted by atomic mass is 9.90. The van der Waals surface area contributed by atoms with Gasteiger partial charge in [-0.1, -0.05) is 38.1 Å². The van der Waals surface area contributed by atoms with Gasteiger partial charge < -0.3 is 9.80 Å². The van der Waals surface area contributed by atoms with Gasteiger partial charge in [-0.3, -0.25) is 19.7 Å². The molecule has 1 atom stereocenters. The Morgan fingerprint density at radius 1 is 0.966 bits per heavy atom. The molecule has 0 bridgehead atoms. The Morgan fingerprint density at radius 2 is 1.52 bits per heavy atom. The molecule has 1 unspecified atom stereocenters. The monoisotopic (exact) mass is 391 g/mol. The van der Waals surface area contributed by atoms with Crippen LogP contribution in [0.4, 0.5) is 11.4 Å². The highest BCUT2D eigenvalue weighted by Gasteiger charge is 2.46. The molecule has 2 aromatic carbocycles. The van der Waals surface area contributed by atoms with Crippen LogP contribution < -0.4 is 4.90 Å². The van der Waals surface area contributed by atoms with E-state index in [0.29, 0.717) is 34.8 Å². The molecule has 2 aliphatic rings. The Balaban J connectivity index is 1.88. The molecule has 29 heavy (non-hydrogen) atoms. The van der Waals surface area contributed by atoms with Gasteiger partial charge >= 0.3 is 0 Å². The van der Waals surface area contributed by atoms with Gasteiger partial charge in [-0.15, -0.1) is 0 Å². The van der Waals surface area contributed by atoms with Crippen molar-refractivity contribution in [1.29, 1.82) is 0 Å². The van der Waals surface area contributed by atoms with E-state index in [4.69, 9.17) is 0 Å². The molecule has 4 rings (SSSR count). The van der Waals surface area contributed by atoms with Crippen molar-refractivity contribution < 1.29 is 14.5 Å². The van der Waals surface area contributed by atoms with Gasteiger partial charge in [0.25, 0.3) is 5.69 Å². The number of non-ortho nitro benzene ring substituents is 1.